The van der Waals surface area contributed by atoms with Crippen molar-refractivity contribution < 1.29 is 13.7 Å². The highest BCUT2D eigenvalue weighted by atomic mass is 19.1. The van der Waals surface area contributed by atoms with E-state index >= 15 is 0 Å². The largest absolute Gasteiger partial charge is 0.334 e. The molecular formula is C20H20FN5O3. The number of halogens is 1. The average molecular weight is 397 g/mol. The lowest BCUT2D eigenvalue weighted by molar-refractivity contribution is 0.0711. The number of amides is 1. The highest BCUT2D eigenvalue weighted by Crippen LogP contribution is 2.16. The zero-order valence-electron chi connectivity index (χ0n) is 15.8. The van der Waals surface area contributed by atoms with E-state index in [2.05, 4.69) is 15.2 Å². The Hall–Kier alpha value is -3.36. The first kappa shape index (κ1) is 19.0. The maximum atomic E-state index is 13.1. The van der Waals surface area contributed by atoms with Crippen LogP contribution in [0.5, 0.6) is 0 Å². The Balaban J connectivity index is 1.52. The van der Waals surface area contributed by atoms with Gasteiger partial charge in [0.25, 0.3) is 5.56 Å². The monoisotopic (exact) mass is 397 g/mol. The van der Waals surface area contributed by atoms with E-state index in [0.29, 0.717) is 24.3 Å². The molecule has 0 unspecified atom stereocenters. The van der Waals surface area contributed by atoms with Crippen LogP contribution in [-0.2, 0) is 6.54 Å². The zero-order chi connectivity index (χ0) is 20.2. The molecule has 29 heavy (non-hydrogen) atoms. The fourth-order valence-corrected chi connectivity index (χ4v) is 3.28. The van der Waals surface area contributed by atoms with Crippen LogP contribution < -0.4 is 5.56 Å². The summed E-state index contributed by atoms with van der Waals surface area (Å²) in [6.45, 7) is 1.32. The van der Waals surface area contributed by atoms with E-state index in [-0.39, 0.29) is 35.5 Å². The summed E-state index contributed by atoms with van der Waals surface area (Å²) in [5.41, 5.74) is 0.834. The van der Waals surface area contributed by atoms with Gasteiger partial charge in [0.1, 0.15) is 12.4 Å². The normalized spacial score (nSPS) is 14.6. The molecule has 9 heteroatoms. The van der Waals surface area contributed by atoms with Crippen molar-refractivity contribution in [2.75, 3.05) is 13.1 Å². The predicted molar refractivity (Wildman–Crippen MR) is 102 cm³/mol. The molecule has 2 aromatic heterocycles. The van der Waals surface area contributed by atoms with Crippen LogP contribution >= 0.6 is 0 Å². The highest BCUT2D eigenvalue weighted by molar-refractivity contribution is 5.89. The van der Waals surface area contributed by atoms with Crippen LogP contribution in [0.1, 0.15) is 42.2 Å². The molecule has 1 aromatic carbocycles. The molecule has 1 fully saturated rings. The van der Waals surface area contributed by atoms with Gasteiger partial charge in [-0.3, -0.25) is 9.59 Å². The number of hydrogen-bond donors (Lipinski definition) is 0. The number of carbonyl (C=O) groups is 1. The van der Waals surface area contributed by atoms with Gasteiger partial charge in [0.2, 0.25) is 0 Å². The lowest BCUT2D eigenvalue weighted by atomic mass is 10.1. The first-order valence-electron chi connectivity index (χ1n) is 9.56. The van der Waals surface area contributed by atoms with Gasteiger partial charge in [0.15, 0.2) is 5.82 Å². The first-order chi connectivity index (χ1) is 14.1. The zero-order valence-corrected chi connectivity index (χ0v) is 15.8. The molecule has 1 amide bonds. The predicted octanol–water partition coefficient (Wildman–Crippen LogP) is 2.50. The van der Waals surface area contributed by atoms with Gasteiger partial charge in [-0.25, -0.2) is 9.07 Å². The average Bonchev–Trinajstić information content (AvgIpc) is 3.02. The number of aromatic nitrogens is 4. The van der Waals surface area contributed by atoms with Crippen LogP contribution in [0.25, 0.3) is 11.3 Å². The van der Waals surface area contributed by atoms with Crippen LogP contribution in [0.3, 0.4) is 0 Å². The van der Waals surface area contributed by atoms with E-state index in [4.69, 9.17) is 4.52 Å². The Morgan fingerprint density at radius 1 is 1.03 bits per heavy atom. The summed E-state index contributed by atoms with van der Waals surface area (Å²) in [5, 5.41) is 8.11. The number of rotatable bonds is 4. The van der Waals surface area contributed by atoms with Crippen molar-refractivity contribution in [1.29, 1.82) is 0 Å². The Labute approximate surface area is 166 Å². The van der Waals surface area contributed by atoms with Gasteiger partial charge in [0, 0.05) is 24.7 Å². The maximum Gasteiger partial charge on any atom is 0.316 e. The highest BCUT2D eigenvalue weighted by Gasteiger charge is 2.23. The van der Waals surface area contributed by atoms with Crippen molar-refractivity contribution >= 4 is 5.91 Å². The molecule has 0 radical (unpaired) electrons. The number of nitrogens with zero attached hydrogens (tertiary/aromatic N) is 5. The minimum absolute atomic E-state index is 0.0371. The second-order valence-electron chi connectivity index (χ2n) is 6.94. The molecule has 8 nitrogen and oxygen atoms in total. The van der Waals surface area contributed by atoms with E-state index in [9.17, 15) is 14.0 Å². The van der Waals surface area contributed by atoms with Gasteiger partial charge in [-0.2, -0.15) is 10.1 Å². The van der Waals surface area contributed by atoms with Crippen LogP contribution in [0.4, 0.5) is 4.39 Å². The van der Waals surface area contributed by atoms with Crippen LogP contribution in [-0.4, -0.2) is 43.8 Å². The van der Waals surface area contributed by atoms with Gasteiger partial charge < -0.3 is 9.42 Å². The van der Waals surface area contributed by atoms with Crippen molar-refractivity contribution in [3.05, 3.63) is 64.3 Å². The van der Waals surface area contributed by atoms with Gasteiger partial charge in [-0.05, 0) is 43.2 Å². The van der Waals surface area contributed by atoms with E-state index < -0.39 is 0 Å². The molecule has 0 saturated carbocycles. The van der Waals surface area contributed by atoms with Crippen LogP contribution in [0, 0.1) is 5.82 Å². The van der Waals surface area contributed by atoms with Crippen molar-refractivity contribution in [3.8, 4) is 11.3 Å². The molecule has 1 aliphatic heterocycles. The third kappa shape index (κ3) is 4.39. The summed E-state index contributed by atoms with van der Waals surface area (Å²) < 4.78 is 19.4. The molecule has 1 saturated heterocycles. The van der Waals surface area contributed by atoms with E-state index in [1.165, 1.54) is 22.9 Å². The first-order valence-corrected chi connectivity index (χ1v) is 9.56. The molecule has 150 valence electrons. The van der Waals surface area contributed by atoms with Gasteiger partial charge in [-0.15, -0.1) is 0 Å². The van der Waals surface area contributed by atoms with Crippen LogP contribution in [0.15, 0.2) is 45.7 Å². The summed E-state index contributed by atoms with van der Waals surface area (Å²) in [7, 11) is 0. The number of hydrogen-bond acceptors (Lipinski definition) is 6. The van der Waals surface area contributed by atoms with Crippen LogP contribution in [0.2, 0.25) is 0 Å². The molecular weight excluding hydrogens is 377 g/mol. The summed E-state index contributed by atoms with van der Waals surface area (Å²) in [4.78, 5) is 30.6. The maximum absolute atomic E-state index is 13.1. The lowest BCUT2D eigenvalue weighted by Crippen LogP contribution is -2.32. The second-order valence-corrected chi connectivity index (χ2v) is 6.94. The van der Waals surface area contributed by atoms with Crippen molar-refractivity contribution in [1.82, 2.24) is 24.8 Å². The SMILES string of the molecule is O=C(c1nc(Cn2nc(-c3ccc(F)cc3)ccc2=O)no1)N1CCCCCC1. The molecule has 3 aromatic rings. The topological polar surface area (TPSA) is 94.1 Å². The Morgan fingerprint density at radius 2 is 1.76 bits per heavy atom. The quantitative estimate of drug-likeness (QED) is 0.671. The number of benzene rings is 1. The molecule has 0 spiro atoms. The second kappa shape index (κ2) is 8.34. The minimum atomic E-state index is -0.351. The fraction of sp³-hybridized carbons (Fsp3) is 0.350. The number of likely N-dealkylation sites (tertiary alicyclic amines) is 1. The summed E-state index contributed by atoms with van der Waals surface area (Å²) >= 11 is 0. The third-order valence-corrected chi connectivity index (χ3v) is 4.84. The van der Waals surface area contributed by atoms with Gasteiger partial charge >= 0.3 is 11.8 Å². The lowest BCUT2D eigenvalue weighted by Gasteiger charge is -2.17. The molecule has 0 atom stereocenters. The molecule has 0 N–H and O–H groups in total. The van der Waals surface area contributed by atoms with Crippen molar-refractivity contribution in [2.24, 2.45) is 0 Å². The standard InChI is InChI=1S/C20H20FN5O3/c21-15-7-5-14(6-8-15)16-9-10-18(27)26(23-16)13-17-22-19(29-24-17)20(28)25-11-3-1-2-4-12-25/h5-10H,1-4,11-13H2. The molecule has 4 rings (SSSR count). The summed E-state index contributed by atoms with van der Waals surface area (Å²) in [5.74, 6) is -0.528. The van der Waals surface area contributed by atoms with Crippen molar-refractivity contribution in [3.63, 3.8) is 0 Å². The summed E-state index contributed by atoms with van der Waals surface area (Å²) in [6.07, 6.45) is 4.14. The molecule has 0 aliphatic carbocycles. The van der Waals surface area contributed by atoms with Gasteiger partial charge in [0.05, 0.1) is 5.69 Å². The van der Waals surface area contributed by atoms with E-state index in [1.54, 1.807) is 23.1 Å². The molecule has 3 heterocycles. The van der Waals surface area contributed by atoms with E-state index in [1.807, 2.05) is 0 Å². The Kier molecular flexibility index (Phi) is 5.46. The third-order valence-electron chi connectivity index (χ3n) is 4.84. The molecule has 1 aliphatic rings. The Morgan fingerprint density at radius 3 is 2.48 bits per heavy atom. The molecule has 0 bridgehead atoms. The summed E-state index contributed by atoms with van der Waals surface area (Å²) in [6, 6.07) is 8.75. The number of carbonyl (C=O) groups excluding carboxylic acids is 1. The van der Waals surface area contributed by atoms with Crippen molar-refractivity contribution in [2.45, 2.75) is 32.2 Å². The Bertz CT molecular complexity index is 1050. The fourth-order valence-electron chi connectivity index (χ4n) is 3.28. The van der Waals surface area contributed by atoms with Gasteiger partial charge in [-0.1, -0.05) is 18.0 Å². The minimum Gasteiger partial charge on any atom is -0.334 e. The van der Waals surface area contributed by atoms with E-state index in [0.717, 1.165) is 25.7 Å². The smallest absolute Gasteiger partial charge is 0.316 e.